The quantitative estimate of drug-likeness (QED) is 0.560. The highest BCUT2D eigenvalue weighted by Crippen LogP contribution is 2.41. The lowest BCUT2D eigenvalue weighted by atomic mass is 9.76. The van der Waals surface area contributed by atoms with Gasteiger partial charge in [-0.2, -0.15) is 0 Å². The van der Waals surface area contributed by atoms with Crippen LogP contribution < -0.4 is 0 Å². The molecule has 0 aliphatic heterocycles. The minimum Gasteiger partial charge on any atom is -0.414 e. The Kier molecular flexibility index (Phi) is 4.25. The molecule has 1 aliphatic rings. The molecule has 1 fully saturated rings. The van der Waals surface area contributed by atoms with Crippen molar-refractivity contribution in [2.24, 2.45) is 5.41 Å². The van der Waals surface area contributed by atoms with Crippen molar-refractivity contribution in [3.63, 3.8) is 0 Å². The van der Waals surface area contributed by atoms with Crippen LogP contribution in [0, 0.1) is 5.41 Å². The van der Waals surface area contributed by atoms with Gasteiger partial charge >= 0.3 is 0 Å². The molecule has 0 radical (unpaired) electrons. The molecule has 0 aromatic carbocycles. The molecule has 0 amide bonds. The first-order valence-corrected chi connectivity index (χ1v) is 9.65. The standard InChI is InChI=1S/C14H28O2Si/c1-13(2,3)17(5,6)16-12-7-9-14(4,11-15)10-8-12/h11-12H,7-10H2,1-6H3. The summed E-state index contributed by atoms with van der Waals surface area (Å²) in [5, 5.41) is 0.276. The smallest absolute Gasteiger partial charge is 0.192 e. The molecule has 1 aliphatic carbocycles. The van der Waals surface area contributed by atoms with E-state index in [1.807, 2.05) is 0 Å². The summed E-state index contributed by atoms with van der Waals surface area (Å²) in [6, 6.07) is 0. The summed E-state index contributed by atoms with van der Waals surface area (Å²) in [6.07, 6.45) is 5.56. The van der Waals surface area contributed by atoms with E-state index in [2.05, 4.69) is 40.8 Å². The lowest BCUT2D eigenvalue weighted by molar-refractivity contribution is -0.117. The average Bonchev–Trinajstić information content (AvgIpc) is 2.20. The second-order valence-corrected chi connectivity index (χ2v) is 12.1. The van der Waals surface area contributed by atoms with E-state index in [9.17, 15) is 4.79 Å². The minimum absolute atomic E-state index is 0.0900. The highest BCUT2D eigenvalue weighted by atomic mass is 28.4. The van der Waals surface area contributed by atoms with Crippen molar-refractivity contribution < 1.29 is 9.22 Å². The van der Waals surface area contributed by atoms with Gasteiger partial charge in [-0.25, -0.2) is 0 Å². The molecule has 0 bridgehead atoms. The van der Waals surface area contributed by atoms with Gasteiger partial charge in [-0.1, -0.05) is 27.7 Å². The fraction of sp³-hybridized carbons (Fsp3) is 0.929. The van der Waals surface area contributed by atoms with Gasteiger partial charge in [-0.3, -0.25) is 0 Å². The van der Waals surface area contributed by atoms with Crippen LogP contribution in [-0.2, 0) is 9.22 Å². The van der Waals surface area contributed by atoms with E-state index in [0.717, 1.165) is 32.0 Å². The SMILES string of the molecule is CC1(C=O)CCC(O[Si](C)(C)C(C)(C)C)CC1. The molecule has 0 spiro atoms. The van der Waals surface area contributed by atoms with Gasteiger partial charge in [0.15, 0.2) is 8.32 Å². The molecule has 0 heterocycles. The summed E-state index contributed by atoms with van der Waals surface area (Å²) in [5.41, 5.74) is -0.0900. The molecule has 100 valence electrons. The molecule has 2 nitrogen and oxygen atoms in total. The van der Waals surface area contributed by atoms with E-state index in [0.29, 0.717) is 6.10 Å². The highest BCUT2D eigenvalue weighted by molar-refractivity contribution is 6.74. The summed E-state index contributed by atoms with van der Waals surface area (Å²) in [6.45, 7) is 13.5. The fourth-order valence-corrected chi connectivity index (χ4v) is 3.50. The van der Waals surface area contributed by atoms with Crippen LogP contribution in [0.4, 0.5) is 0 Å². The second kappa shape index (κ2) is 4.85. The van der Waals surface area contributed by atoms with Gasteiger partial charge in [0.25, 0.3) is 0 Å². The number of rotatable bonds is 3. The van der Waals surface area contributed by atoms with E-state index in [1.54, 1.807) is 0 Å². The van der Waals surface area contributed by atoms with Crippen LogP contribution in [0.25, 0.3) is 0 Å². The number of carbonyl (C=O) groups is 1. The Morgan fingerprint density at radius 1 is 1.24 bits per heavy atom. The monoisotopic (exact) mass is 256 g/mol. The maximum Gasteiger partial charge on any atom is 0.192 e. The summed E-state index contributed by atoms with van der Waals surface area (Å²) in [5.74, 6) is 0. The van der Waals surface area contributed by atoms with E-state index >= 15 is 0 Å². The van der Waals surface area contributed by atoms with Crippen molar-refractivity contribution in [3.8, 4) is 0 Å². The number of hydrogen-bond donors (Lipinski definition) is 0. The molecule has 1 rings (SSSR count). The Bertz CT molecular complexity index is 270. The van der Waals surface area contributed by atoms with Crippen LogP contribution in [0.2, 0.25) is 18.1 Å². The number of aldehydes is 1. The molecule has 0 aromatic heterocycles. The summed E-state index contributed by atoms with van der Waals surface area (Å²) in [7, 11) is -1.64. The lowest BCUT2D eigenvalue weighted by Gasteiger charge is -2.42. The van der Waals surface area contributed by atoms with Gasteiger partial charge in [0, 0.05) is 11.5 Å². The van der Waals surface area contributed by atoms with Gasteiger partial charge in [-0.05, 0) is 43.8 Å². The highest BCUT2D eigenvalue weighted by Gasteiger charge is 2.41. The zero-order valence-electron chi connectivity index (χ0n) is 12.3. The normalized spacial score (nSPS) is 31.3. The van der Waals surface area contributed by atoms with Crippen LogP contribution in [-0.4, -0.2) is 20.7 Å². The Morgan fingerprint density at radius 2 is 1.71 bits per heavy atom. The summed E-state index contributed by atoms with van der Waals surface area (Å²) in [4.78, 5) is 11.0. The third-order valence-electron chi connectivity index (χ3n) is 4.63. The third kappa shape index (κ3) is 3.65. The summed E-state index contributed by atoms with van der Waals surface area (Å²) < 4.78 is 6.40. The van der Waals surface area contributed by atoms with Crippen molar-refractivity contribution in [1.82, 2.24) is 0 Å². The van der Waals surface area contributed by atoms with Crippen LogP contribution in [0.5, 0.6) is 0 Å². The zero-order chi connectivity index (χ0) is 13.3. The van der Waals surface area contributed by atoms with Crippen LogP contribution in [0.3, 0.4) is 0 Å². The van der Waals surface area contributed by atoms with Crippen LogP contribution in [0.1, 0.15) is 53.4 Å². The van der Waals surface area contributed by atoms with Gasteiger partial charge in [0.05, 0.1) is 0 Å². The molecule has 0 unspecified atom stereocenters. The Morgan fingerprint density at radius 3 is 2.06 bits per heavy atom. The number of hydrogen-bond acceptors (Lipinski definition) is 2. The summed E-state index contributed by atoms with van der Waals surface area (Å²) >= 11 is 0. The predicted molar refractivity (Wildman–Crippen MR) is 74.7 cm³/mol. The van der Waals surface area contributed by atoms with Crippen molar-refractivity contribution in [2.75, 3.05) is 0 Å². The third-order valence-corrected chi connectivity index (χ3v) is 9.16. The molecular formula is C14H28O2Si. The van der Waals surface area contributed by atoms with Gasteiger partial charge in [0.1, 0.15) is 6.29 Å². The maximum absolute atomic E-state index is 11.0. The molecule has 0 N–H and O–H groups in total. The molecule has 1 saturated carbocycles. The minimum atomic E-state index is -1.64. The molecule has 0 aromatic rings. The first kappa shape index (κ1) is 14.9. The molecule has 17 heavy (non-hydrogen) atoms. The first-order valence-electron chi connectivity index (χ1n) is 6.74. The topological polar surface area (TPSA) is 26.3 Å². The molecular weight excluding hydrogens is 228 g/mol. The number of carbonyl (C=O) groups excluding carboxylic acids is 1. The van der Waals surface area contributed by atoms with Gasteiger partial charge in [0.2, 0.25) is 0 Å². The van der Waals surface area contributed by atoms with Crippen molar-refractivity contribution in [3.05, 3.63) is 0 Å². The van der Waals surface area contributed by atoms with Crippen LogP contribution >= 0.6 is 0 Å². The maximum atomic E-state index is 11.0. The molecule has 0 saturated heterocycles. The molecule has 0 atom stereocenters. The van der Waals surface area contributed by atoms with Crippen molar-refractivity contribution in [1.29, 1.82) is 0 Å². The average molecular weight is 256 g/mol. The van der Waals surface area contributed by atoms with E-state index in [1.165, 1.54) is 0 Å². The first-order chi connectivity index (χ1) is 7.60. The van der Waals surface area contributed by atoms with E-state index < -0.39 is 8.32 Å². The second-order valence-electron chi connectivity index (χ2n) is 7.35. The molecule has 3 heteroatoms. The predicted octanol–water partition coefficient (Wildman–Crippen LogP) is 4.16. The van der Waals surface area contributed by atoms with Gasteiger partial charge in [-0.15, -0.1) is 0 Å². The largest absolute Gasteiger partial charge is 0.414 e. The van der Waals surface area contributed by atoms with E-state index in [4.69, 9.17) is 4.43 Å². The zero-order valence-corrected chi connectivity index (χ0v) is 13.3. The Hall–Kier alpha value is -0.153. The fourth-order valence-electron chi connectivity index (χ4n) is 2.08. The van der Waals surface area contributed by atoms with E-state index in [-0.39, 0.29) is 10.5 Å². The Labute approximate surface area is 107 Å². The lowest BCUT2D eigenvalue weighted by Crippen LogP contribution is -2.45. The van der Waals surface area contributed by atoms with Gasteiger partial charge < -0.3 is 9.22 Å². The van der Waals surface area contributed by atoms with Crippen molar-refractivity contribution >= 4 is 14.6 Å². The van der Waals surface area contributed by atoms with Crippen molar-refractivity contribution in [2.45, 2.75) is 77.6 Å². The Balaban J connectivity index is 2.54. The van der Waals surface area contributed by atoms with Crippen LogP contribution in [0.15, 0.2) is 0 Å².